The van der Waals surface area contributed by atoms with Gasteiger partial charge in [0, 0.05) is 17.6 Å². The molecular weight excluding hydrogens is 428 g/mol. The first-order valence-electron chi connectivity index (χ1n) is 7.70. The molecule has 2 aromatic rings. The molecule has 0 saturated heterocycles. The number of nitrogens with zero attached hydrogens (tertiary/aromatic N) is 1. The lowest BCUT2D eigenvalue weighted by Gasteiger charge is -2.19. The topological polar surface area (TPSA) is 66.5 Å². The Morgan fingerprint density at radius 3 is 2.76 bits per heavy atom. The van der Waals surface area contributed by atoms with Crippen LogP contribution in [-0.2, 0) is 16.4 Å². The molecule has 0 bridgehead atoms. The van der Waals surface area contributed by atoms with Gasteiger partial charge in [-0.2, -0.15) is 0 Å². The monoisotopic (exact) mass is 442 g/mol. The third kappa shape index (κ3) is 3.99. The molecule has 3 rings (SSSR count). The summed E-state index contributed by atoms with van der Waals surface area (Å²) in [5.41, 5.74) is 2.07. The second kappa shape index (κ2) is 7.35. The van der Waals surface area contributed by atoms with E-state index in [4.69, 9.17) is 11.6 Å². The van der Waals surface area contributed by atoms with Crippen LogP contribution in [0.15, 0.2) is 46.9 Å². The molecule has 0 saturated carbocycles. The zero-order valence-electron chi connectivity index (χ0n) is 13.2. The lowest BCUT2D eigenvalue weighted by atomic mass is 10.2. The fourth-order valence-corrected chi connectivity index (χ4v) is 4.96. The van der Waals surface area contributed by atoms with Crippen molar-refractivity contribution in [2.24, 2.45) is 0 Å². The average Bonchev–Trinajstić information content (AvgIpc) is 2.99. The van der Waals surface area contributed by atoms with E-state index in [9.17, 15) is 13.2 Å². The van der Waals surface area contributed by atoms with Crippen molar-refractivity contribution >= 4 is 49.1 Å². The highest BCUT2D eigenvalue weighted by molar-refractivity contribution is 9.10. The molecule has 0 unspecified atom stereocenters. The molecule has 0 aromatic heterocycles. The van der Waals surface area contributed by atoms with E-state index < -0.39 is 15.9 Å². The van der Waals surface area contributed by atoms with Gasteiger partial charge in [-0.1, -0.05) is 45.7 Å². The SMILES string of the molecule is O=C(NCCS(=O)(=O)N1CCc2ccccc21)c1ccc(Br)cc1Cl. The molecule has 132 valence electrons. The number of para-hydroxylation sites is 1. The van der Waals surface area contributed by atoms with Crippen LogP contribution in [0.5, 0.6) is 0 Å². The minimum atomic E-state index is -3.49. The third-order valence-corrected chi connectivity index (χ3v) is 6.58. The first-order chi connectivity index (χ1) is 11.9. The minimum absolute atomic E-state index is 0.0201. The number of fused-ring (bicyclic) bond motifs is 1. The first-order valence-corrected chi connectivity index (χ1v) is 10.5. The number of hydrogen-bond donors (Lipinski definition) is 1. The highest BCUT2D eigenvalue weighted by Gasteiger charge is 2.28. The molecule has 0 atom stereocenters. The molecular formula is C17H16BrClN2O3S. The summed E-state index contributed by atoms with van der Waals surface area (Å²) in [6.07, 6.45) is 0.705. The fraction of sp³-hybridized carbons (Fsp3) is 0.235. The summed E-state index contributed by atoms with van der Waals surface area (Å²) < 4.78 is 27.3. The van der Waals surface area contributed by atoms with Crippen molar-refractivity contribution in [1.29, 1.82) is 0 Å². The second-order valence-electron chi connectivity index (χ2n) is 5.65. The summed E-state index contributed by atoms with van der Waals surface area (Å²) in [4.78, 5) is 12.2. The second-order valence-corrected chi connectivity index (χ2v) is 8.98. The molecule has 2 aromatic carbocycles. The Hall–Kier alpha value is -1.57. The number of rotatable bonds is 5. The van der Waals surface area contributed by atoms with Crippen molar-refractivity contribution in [1.82, 2.24) is 5.32 Å². The number of hydrogen-bond acceptors (Lipinski definition) is 3. The largest absolute Gasteiger partial charge is 0.351 e. The number of carbonyl (C=O) groups excluding carboxylic acids is 1. The van der Waals surface area contributed by atoms with Crippen molar-refractivity contribution in [3.63, 3.8) is 0 Å². The highest BCUT2D eigenvalue weighted by Crippen LogP contribution is 2.29. The van der Waals surface area contributed by atoms with Gasteiger partial charge in [0.05, 0.1) is 22.0 Å². The molecule has 1 N–H and O–H groups in total. The molecule has 1 amide bonds. The number of anilines is 1. The fourth-order valence-electron chi connectivity index (χ4n) is 2.77. The lowest BCUT2D eigenvalue weighted by molar-refractivity contribution is 0.0956. The van der Waals surface area contributed by atoms with E-state index in [1.54, 1.807) is 24.3 Å². The van der Waals surface area contributed by atoms with Crippen molar-refractivity contribution in [3.8, 4) is 0 Å². The zero-order valence-corrected chi connectivity index (χ0v) is 16.4. The summed E-state index contributed by atoms with van der Waals surface area (Å²) in [5, 5.41) is 2.93. The van der Waals surface area contributed by atoms with Crippen molar-refractivity contribution < 1.29 is 13.2 Å². The van der Waals surface area contributed by atoms with Crippen LogP contribution >= 0.6 is 27.5 Å². The lowest BCUT2D eigenvalue weighted by Crippen LogP contribution is -2.37. The van der Waals surface area contributed by atoms with Crippen LogP contribution in [0.2, 0.25) is 5.02 Å². The maximum absolute atomic E-state index is 12.6. The summed E-state index contributed by atoms with van der Waals surface area (Å²) in [7, 11) is -3.49. The van der Waals surface area contributed by atoms with E-state index in [0.29, 0.717) is 23.6 Å². The van der Waals surface area contributed by atoms with Gasteiger partial charge in [0.25, 0.3) is 5.91 Å². The smallest absolute Gasteiger partial charge is 0.252 e. The van der Waals surface area contributed by atoms with Gasteiger partial charge in [-0.3, -0.25) is 9.10 Å². The van der Waals surface area contributed by atoms with Crippen LogP contribution in [0.3, 0.4) is 0 Å². The maximum atomic E-state index is 12.6. The predicted molar refractivity (Wildman–Crippen MR) is 103 cm³/mol. The molecule has 5 nitrogen and oxygen atoms in total. The molecule has 0 spiro atoms. The number of amides is 1. The molecule has 8 heteroatoms. The maximum Gasteiger partial charge on any atom is 0.252 e. The summed E-state index contributed by atoms with van der Waals surface area (Å²) in [6.45, 7) is 0.459. The van der Waals surface area contributed by atoms with E-state index in [-0.39, 0.29) is 12.3 Å². The number of halogens is 2. The van der Waals surface area contributed by atoms with Crippen molar-refractivity contribution in [2.75, 3.05) is 23.1 Å². The minimum Gasteiger partial charge on any atom is -0.351 e. The highest BCUT2D eigenvalue weighted by atomic mass is 79.9. The van der Waals surface area contributed by atoms with Crippen LogP contribution in [0.4, 0.5) is 5.69 Å². The van der Waals surface area contributed by atoms with E-state index in [1.807, 2.05) is 18.2 Å². The first kappa shape index (κ1) is 18.2. The van der Waals surface area contributed by atoms with Gasteiger partial charge in [-0.25, -0.2) is 8.42 Å². The van der Waals surface area contributed by atoms with E-state index in [1.165, 1.54) is 4.31 Å². The van der Waals surface area contributed by atoms with Crippen LogP contribution in [0, 0.1) is 0 Å². The quantitative estimate of drug-likeness (QED) is 0.771. The van der Waals surface area contributed by atoms with Gasteiger partial charge in [-0.05, 0) is 36.2 Å². The van der Waals surface area contributed by atoms with Gasteiger partial charge in [0.2, 0.25) is 10.0 Å². The van der Waals surface area contributed by atoms with E-state index >= 15 is 0 Å². The number of carbonyl (C=O) groups is 1. The Morgan fingerprint density at radius 1 is 1.24 bits per heavy atom. The molecule has 1 heterocycles. The summed E-state index contributed by atoms with van der Waals surface area (Å²) in [6, 6.07) is 12.4. The third-order valence-electron chi connectivity index (χ3n) is 4.00. The van der Waals surface area contributed by atoms with E-state index in [0.717, 1.165) is 15.7 Å². The van der Waals surface area contributed by atoms with Gasteiger partial charge < -0.3 is 5.32 Å². The number of nitrogens with one attached hydrogen (secondary N) is 1. The van der Waals surface area contributed by atoms with Gasteiger partial charge >= 0.3 is 0 Å². The summed E-state index contributed by atoms with van der Waals surface area (Å²) >= 11 is 9.31. The van der Waals surface area contributed by atoms with Gasteiger partial charge in [0.1, 0.15) is 0 Å². The molecule has 0 fully saturated rings. The molecule has 1 aliphatic heterocycles. The Kier molecular flexibility index (Phi) is 5.36. The van der Waals surface area contributed by atoms with Gasteiger partial charge in [-0.15, -0.1) is 0 Å². The molecule has 25 heavy (non-hydrogen) atoms. The average molecular weight is 444 g/mol. The number of benzene rings is 2. The molecule has 0 radical (unpaired) electrons. The Bertz CT molecular complexity index is 918. The van der Waals surface area contributed by atoms with Crippen molar-refractivity contribution in [3.05, 3.63) is 63.1 Å². The van der Waals surface area contributed by atoms with Crippen LogP contribution in [0.25, 0.3) is 0 Å². The van der Waals surface area contributed by atoms with Crippen LogP contribution in [0.1, 0.15) is 15.9 Å². The Morgan fingerprint density at radius 2 is 2.00 bits per heavy atom. The Labute approximate surface area is 160 Å². The van der Waals surface area contributed by atoms with Gasteiger partial charge in [0.15, 0.2) is 0 Å². The molecule has 1 aliphatic rings. The summed E-state index contributed by atoms with van der Waals surface area (Å²) in [5.74, 6) is -0.559. The van der Waals surface area contributed by atoms with E-state index in [2.05, 4.69) is 21.2 Å². The van der Waals surface area contributed by atoms with Crippen LogP contribution in [-0.4, -0.2) is 33.2 Å². The number of sulfonamides is 1. The normalized spacial score (nSPS) is 13.6. The predicted octanol–water partition coefficient (Wildman–Crippen LogP) is 3.22. The zero-order chi connectivity index (χ0) is 18.0. The van der Waals surface area contributed by atoms with Crippen molar-refractivity contribution in [2.45, 2.75) is 6.42 Å². The Balaban J connectivity index is 1.63. The standard InChI is InChI=1S/C17H16BrClN2O3S/c18-13-5-6-14(15(19)11-13)17(22)20-8-10-25(23,24)21-9-7-12-3-1-2-4-16(12)21/h1-6,11H,7-10H2,(H,20,22). The molecule has 0 aliphatic carbocycles. The van der Waals surface area contributed by atoms with Crippen LogP contribution < -0.4 is 9.62 Å².